The molecule has 0 aromatic heterocycles. The largest absolute Gasteiger partial charge is 0.418 e. The summed E-state index contributed by atoms with van der Waals surface area (Å²) in [5, 5.41) is 2.89. The Morgan fingerprint density at radius 3 is 2.33 bits per heavy atom. The third-order valence-electron chi connectivity index (χ3n) is 3.04. The fourth-order valence-electron chi connectivity index (χ4n) is 1.42. The first kappa shape index (κ1) is 15.3. The van der Waals surface area contributed by atoms with Gasteiger partial charge < -0.3 is 5.32 Å². The monoisotopic (exact) mass is 323 g/mol. The van der Waals surface area contributed by atoms with Gasteiger partial charge in [-0.15, -0.1) is 0 Å². The quantitative estimate of drug-likeness (QED) is 0.805. The molecule has 0 spiro atoms. The Balaban J connectivity index is 2.90. The molecule has 0 aliphatic carbocycles. The first-order chi connectivity index (χ1) is 8.21. The normalized spacial score (nSPS) is 13.8. The molecule has 0 amide bonds. The molecule has 1 unspecified atom stereocenters. The van der Waals surface area contributed by atoms with E-state index in [9.17, 15) is 13.2 Å². The summed E-state index contributed by atoms with van der Waals surface area (Å²) in [6.45, 7) is 6.65. The summed E-state index contributed by atoms with van der Waals surface area (Å²) < 4.78 is 39.1. The molecule has 1 rings (SSSR count). The summed E-state index contributed by atoms with van der Waals surface area (Å²) >= 11 is 3.19. The maximum Gasteiger partial charge on any atom is 0.418 e. The van der Waals surface area contributed by atoms with Gasteiger partial charge in [0.05, 0.1) is 5.56 Å². The summed E-state index contributed by atoms with van der Waals surface area (Å²) in [4.78, 5) is 0. The third-order valence-corrected chi connectivity index (χ3v) is 3.53. The van der Waals surface area contributed by atoms with Gasteiger partial charge >= 0.3 is 6.18 Å². The standard InChI is InChI=1S/C13H17BrF3N/c1-8(2)9(3)7-18-12-6-10(14)4-5-11(12)13(15,16)17/h4-6,8-9,18H,7H2,1-3H3. The highest BCUT2D eigenvalue weighted by Gasteiger charge is 2.33. The molecule has 0 heterocycles. The number of benzene rings is 1. The van der Waals surface area contributed by atoms with Crippen LogP contribution in [0.15, 0.2) is 22.7 Å². The SMILES string of the molecule is CC(C)C(C)CNc1cc(Br)ccc1C(F)(F)F. The van der Waals surface area contributed by atoms with E-state index in [2.05, 4.69) is 35.1 Å². The number of anilines is 1. The molecule has 1 aromatic carbocycles. The fourth-order valence-corrected chi connectivity index (χ4v) is 1.78. The van der Waals surface area contributed by atoms with Gasteiger partial charge in [-0.3, -0.25) is 0 Å². The molecule has 0 aliphatic heterocycles. The summed E-state index contributed by atoms with van der Waals surface area (Å²) in [5.41, 5.74) is -0.494. The minimum Gasteiger partial charge on any atom is -0.384 e. The van der Waals surface area contributed by atoms with Crippen molar-refractivity contribution in [1.82, 2.24) is 0 Å². The van der Waals surface area contributed by atoms with Crippen LogP contribution in [0.25, 0.3) is 0 Å². The molecule has 1 atom stereocenters. The summed E-state index contributed by atoms with van der Waals surface area (Å²) in [5.74, 6) is 0.740. The number of hydrogen-bond acceptors (Lipinski definition) is 1. The Kier molecular flexibility index (Phi) is 5.08. The van der Waals surface area contributed by atoms with Crippen LogP contribution in [-0.4, -0.2) is 6.54 Å². The molecule has 1 N–H and O–H groups in total. The molecule has 102 valence electrons. The van der Waals surface area contributed by atoms with Crippen molar-refractivity contribution in [3.8, 4) is 0 Å². The molecule has 0 fully saturated rings. The molecule has 0 aliphatic rings. The van der Waals surface area contributed by atoms with Gasteiger partial charge in [-0.05, 0) is 30.0 Å². The average molecular weight is 324 g/mol. The van der Waals surface area contributed by atoms with Crippen LogP contribution in [-0.2, 0) is 6.18 Å². The van der Waals surface area contributed by atoms with Gasteiger partial charge in [0.1, 0.15) is 0 Å². The van der Waals surface area contributed by atoms with E-state index in [1.807, 2.05) is 6.92 Å². The maximum atomic E-state index is 12.8. The zero-order valence-electron chi connectivity index (χ0n) is 10.6. The molecule has 0 radical (unpaired) electrons. The van der Waals surface area contributed by atoms with E-state index in [4.69, 9.17) is 0 Å². The zero-order chi connectivity index (χ0) is 13.9. The highest BCUT2D eigenvalue weighted by molar-refractivity contribution is 9.10. The lowest BCUT2D eigenvalue weighted by atomic mass is 9.98. The van der Waals surface area contributed by atoms with Gasteiger partial charge in [0.25, 0.3) is 0 Å². The van der Waals surface area contributed by atoms with Crippen molar-refractivity contribution in [3.05, 3.63) is 28.2 Å². The summed E-state index contributed by atoms with van der Waals surface area (Å²) in [6.07, 6.45) is -4.33. The molecular weight excluding hydrogens is 307 g/mol. The van der Waals surface area contributed by atoms with Gasteiger partial charge in [-0.25, -0.2) is 0 Å². The smallest absolute Gasteiger partial charge is 0.384 e. The average Bonchev–Trinajstić information content (AvgIpc) is 2.23. The Morgan fingerprint density at radius 1 is 1.22 bits per heavy atom. The maximum absolute atomic E-state index is 12.8. The number of rotatable bonds is 4. The molecule has 0 bridgehead atoms. The summed E-state index contributed by atoms with van der Waals surface area (Å²) in [7, 11) is 0. The Hall–Kier alpha value is -0.710. The van der Waals surface area contributed by atoms with Crippen molar-refractivity contribution in [3.63, 3.8) is 0 Å². The Morgan fingerprint density at radius 2 is 1.83 bits per heavy atom. The summed E-state index contributed by atoms with van der Waals surface area (Å²) in [6, 6.07) is 3.96. The number of hydrogen-bond donors (Lipinski definition) is 1. The second-order valence-electron chi connectivity index (χ2n) is 4.79. The topological polar surface area (TPSA) is 12.0 Å². The van der Waals surface area contributed by atoms with E-state index in [1.54, 1.807) is 0 Å². The first-order valence-electron chi connectivity index (χ1n) is 5.82. The van der Waals surface area contributed by atoms with Gasteiger partial charge in [-0.1, -0.05) is 36.7 Å². The van der Waals surface area contributed by atoms with Crippen LogP contribution in [0.3, 0.4) is 0 Å². The Labute approximate surface area is 114 Å². The van der Waals surface area contributed by atoms with E-state index in [-0.39, 0.29) is 5.69 Å². The van der Waals surface area contributed by atoms with E-state index < -0.39 is 11.7 Å². The van der Waals surface area contributed by atoms with Crippen LogP contribution in [0.4, 0.5) is 18.9 Å². The number of halogens is 4. The minimum absolute atomic E-state index is 0.129. The Bertz CT molecular complexity index is 402. The molecule has 1 aromatic rings. The van der Waals surface area contributed by atoms with E-state index in [1.165, 1.54) is 12.1 Å². The van der Waals surface area contributed by atoms with Crippen molar-refractivity contribution in [1.29, 1.82) is 0 Å². The number of alkyl halides is 3. The molecule has 18 heavy (non-hydrogen) atoms. The second-order valence-corrected chi connectivity index (χ2v) is 5.71. The van der Waals surface area contributed by atoms with Gasteiger partial charge in [0.2, 0.25) is 0 Å². The van der Waals surface area contributed by atoms with Crippen LogP contribution >= 0.6 is 15.9 Å². The van der Waals surface area contributed by atoms with Crippen molar-refractivity contribution < 1.29 is 13.2 Å². The first-order valence-corrected chi connectivity index (χ1v) is 6.61. The molecular formula is C13H17BrF3N. The fraction of sp³-hybridized carbons (Fsp3) is 0.538. The van der Waals surface area contributed by atoms with E-state index in [0.717, 1.165) is 6.07 Å². The minimum atomic E-state index is -4.33. The third kappa shape index (κ3) is 4.19. The van der Waals surface area contributed by atoms with Crippen LogP contribution in [0.5, 0.6) is 0 Å². The van der Waals surface area contributed by atoms with Crippen molar-refractivity contribution >= 4 is 21.6 Å². The van der Waals surface area contributed by atoms with Gasteiger partial charge in [0, 0.05) is 16.7 Å². The molecule has 1 nitrogen and oxygen atoms in total. The van der Waals surface area contributed by atoms with E-state index >= 15 is 0 Å². The van der Waals surface area contributed by atoms with Crippen molar-refractivity contribution in [2.45, 2.75) is 26.9 Å². The lowest BCUT2D eigenvalue weighted by Crippen LogP contribution is -2.18. The van der Waals surface area contributed by atoms with Crippen molar-refractivity contribution in [2.24, 2.45) is 11.8 Å². The molecule has 5 heteroatoms. The lowest BCUT2D eigenvalue weighted by Gasteiger charge is -2.20. The predicted molar refractivity (Wildman–Crippen MR) is 71.6 cm³/mol. The lowest BCUT2D eigenvalue weighted by molar-refractivity contribution is -0.137. The predicted octanol–water partition coefficient (Wildman–Crippen LogP) is 5.17. The van der Waals surface area contributed by atoms with Crippen LogP contribution in [0, 0.1) is 11.8 Å². The van der Waals surface area contributed by atoms with Crippen LogP contribution in [0.1, 0.15) is 26.3 Å². The van der Waals surface area contributed by atoms with Crippen molar-refractivity contribution in [2.75, 3.05) is 11.9 Å². The van der Waals surface area contributed by atoms with Gasteiger partial charge in [0.15, 0.2) is 0 Å². The second kappa shape index (κ2) is 5.95. The van der Waals surface area contributed by atoms with Crippen LogP contribution in [0.2, 0.25) is 0 Å². The molecule has 0 saturated carbocycles. The number of nitrogens with one attached hydrogen (secondary N) is 1. The van der Waals surface area contributed by atoms with E-state index in [0.29, 0.717) is 22.9 Å². The van der Waals surface area contributed by atoms with Crippen LogP contribution < -0.4 is 5.32 Å². The van der Waals surface area contributed by atoms with Gasteiger partial charge in [-0.2, -0.15) is 13.2 Å². The zero-order valence-corrected chi connectivity index (χ0v) is 12.2. The highest BCUT2D eigenvalue weighted by Crippen LogP contribution is 2.36. The highest BCUT2D eigenvalue weighted by atomic mass is 79.9. The molecule has 0 saturated heterocycles.